The van der Waals surface area contributed by atoms with Gasteiger partial charge in [0.2, 0.25) is 5.85 Å². The molecule has 3 heterocycles. The fourth-order valence-corrected chi connectivity index (χ4v) is 7.91. The van der Waals surface area contributed by atoms with Crippen molar-refractivity contribution in [3.63, 3.8) is 0 Å². The first-order valence-corrected chi connectivity index (χ1v) is 13.4. The van der Waals surface area contributed by atoms with Gasteiger partial charge in [0.05, 0.1) is 23.9 Å². The highest BCUT2D eigenvalue weighted by atomic mass is 31.2. The lowest BCUT2D eigenvalue weighted by Crippen LogP contribution is -2.52. The zero-order valence-corrected chi connectivity index (χ0v) is 20.8. The molecule has 3 fully saturated rings. The molecule has 3 aliphatic rings. The van der Waals surface area contributed by atoms with Gasteiger partial charge in [-0.3, -0.25) is 4.57 Å². The summed E-state index contributed by atoms with van der Waals surface area (Å²) in [4.78, 5) is 13.1. The molecule has 0 bridgehead atoms. The van der Waals surface area contributed by atoms with Gasteiger partial charge in [-0.05, 0) is 58.4 Å². The summed E-state index contributed by atoms with van der Waals surface area (Å²) in [5, 5.41) is 0.482. The van der Waals surface area contributed by atoms with Crippen LogP contribution in [0, 0.1) is 5.92 Å². The minimum absolute atomic E-state index is 0.183. The molecule has 8 heteroatoms. The van der Waals surface area contributed by atoms with E-state index in [1.54, 1.807) is 48.5 Å². The SMILES string of the molecule is CC1(C)C[C@H]2[C@@H]([C@H]3COC(C)(C)O3)O[P@](=O)(c3ccccc3)[C@@H](OC(=O)c3ccccc3)[C@H]2O1. The minimum Gasteiger partial charge on any atom is -0.445 e. The summed E-state index contributed by atoms with van der Waals surface area (Å²) in [7, 11) is -3.73. The second-order valence-electron chi connectivity index (χ2n) is 10.2. The number of hydrogen-bond acceptors (Lipinski definition) is 7. The maximum Gasteiger partial charge on any atom is 0.339 e. The van der Waals surface area contributed by atoms with Gasteiger partial charge in [-0.25, -0.2) is 4.79 Å². The Balaban J connectivity index is 1.56. The molecular weight excluding hydrogens is 455 g/mol. The zero-order valence-electron chi connectivity index (χ0n) is 19.9. The molecule has 0 aromatic heterocycles. The quantitative estimate of drug-likeness (QED) is 0.465. The van der Waals surface area contributed by atoms with Crippen molar-refractivity contribution in [2.45, 2.75) is 69.7 Å². The third-order valence-corrected chi connectivity index (χ3v) is 9.31. The number of hydrogen-bond donors (Lipinski definition) is 0. The number of esters is 1. The van der Waals surface area contributed by atoms with Crippen LogP contribution in [-0.4, -0.2) is 48.1 Å². The molecule has 7 nitrogen and oxygen atoms in total. The highest BCUT2D eigenvalue weighted by Crippen LogP contribution is 2.63. The van der Waals surface area contributed by atoms with Gasteiger partial charge in [0.15, 0.2) is 5.79 Å². The maximum atomic E-state index is 14.7. The number of ether oxygens (including phenoxy) is 4. The Hall–Kier alpha value is -2.02. The molecule has 0 spiro atoms. The molecule has 0 radical (unpaired) electrons. The highest BCUT2D eigenvalue weighted by Gasteiger charge is 2.63. The van der Waals surface area contributed by atoms with E-state index in [-0.39, 0.29) is 5.92 Å². The number of benzene rings is 2. The maximum absolute atomic E-state index is 14.7. The van der Waals surface area contributed by atoms with E-state index in [0.717, 1.165) is 0 Å². The summed E-state index contributed by atoms with van der Waals surface area (Å²) in [6, 6.07) is 17.6. The molecule has 6 atom stereocenters. The van der Waals surface area contributed by atoms with Gasteiger partial charge in [-0.15, -0.1) is 0 Å². The van der Waals surface area contributed by atoms with Gasteiger partial charge >= 0.3 is 5.97 Å². The van der Waals surface area contributed by atoms with Gasteiger partial charge in [0.25, 0.3) is 7.37 Å². The third-order valence-electron chi connectivity index (χ3n) is 6.67. The van der Waals surface area contributed by atoms with Crippen molar-refractivity contribution < 1.29 is 32.8 Å². The standard InChI is InChI=1S/C26H31O7P/c1-25(2)15-19-21(20-16-29-26(3,4)31-20)33-34(28,18-13-9-6-10-14-18)24(22(19)32-25)30-23(27)17-11-7-5-8-12-17/h5-14,19-22,24H,15-16H2,1-4H3/t19-,20+,21-,22-,24+,34+/m0/s1. The summed E-state index contributed by atoms with van der Waals surface area (Å²) in [6.07, 6.45) is -0.912. The van der Waals surface area contributed by atoms with Gasteiger partial charge in [-0.1, -0.05) is 36.4 Å². The largest absolute Gasteiger partial charge is 0.445 e. The molecule has 3 aliphatic heterocycles. The molecule has 0 N–H and O–H groups in total. The van der Waals surface area contributed by atoms with Gasteiger partial charge in [0, 0.05) is 11.2 Å². The first-order chi connectivity index (χ1) is 16.1. The summed E-state index contributed by atoms with van der Waals surface area (Å²) >= 11 is 0. The van der Waals surface area contributed by atoms with E-state index in [1.165, 1.54) is 0 Å². The van der Waals surface area contributed by atoms with Crippen molar-refractivity contribution in [2.24, 2.45) is 5.92 Å². The van der Waals surface area contributed by atoms with Gasteiger partial charge in [0.1, 0.15) is 12.2 Å². The first-order valence-electron chi connectivity index (χ1n) is 11.7. The van der Waals surface area contributed by atoms with E-state index < -0.39 is 48.9 Å². The summed E-state index contributed by atoms with van der Waals surface area (Å²) in [5.74, 6) is -2.58. The van der Waals surface area contributed by atoms with Crippen LogP contribution in [0.3, 0.4) is 0 Å². The predicted molar refractivity (Wildman–Crippen MR) is 126 cm³/mol. The van der Waals surface area contributed by atoms with E-state index >= 15 is 0 Å². The molecule has 5 rings (SSSR count). The van der Waals surface area contributed by atoms with E-state index in [9.17, 15) is 9.36 Å². The first kappa shape index (κ1) is 23.7. The van der Waals surface area contributed by atoms with Crippen LogP contribution in [0.1, 0.15) is 44.5 Å². The fraction of sp³-hybridized carbons (Fsp3) is 0.500. The molecule has 34 heavy (non-hydrogen) atoms. The van der Waals surface area contributed by atoms with Crippen LogP contribution in [-0.2, 0) is 28.0 Å². The lowest BCUT2D eigenvalue weighted by atomic mass is 9.87. The van der Waals surface area contributed by atoms with Crippen LogP contribution in [0.4, 0.5) is 0 Å². The molecule has 2 aromatic rings. The molecule has 3 saturated heterocycles. The van der Waals surface area contributed by atoms with Gasteiger partial charge < -0.3 is 23.5 Å². The molecule has 2 aromatic carbocycles. The average Bonchev–Trinajstić information content (AvgIpc) is 3.34. The Morgan fingerprint density at radius 3 is 2.21 bits per heavy atom. The van der Waals surface area contributed by atoms with Crippen molar-refractivity contribution in [1.29, 1.82) is 0 Å². The van der Waals surface area contributed by atoms with E-state index in [0.29, 0.717) is 23.9 Å². The Bertz CT molecular complexity index is 1080. The Kier molecular flexibility index (Phi) is 5.98. The highest BCUT2D eigenvalue weighted by molar-refractivity contribution is 7.67. The lowest BCUT2D eigenvalue weighted by molar-refractivity contribution is -0.160. The normalized spacial score (nSPS) is 36.1. The minimum atomic E-state index is -3.73. The average molecular weight is 487 g/mol. The summed E-state index contributed by atoms with van der Waals surface area (Å²) in [6.45, 7) is 8.00. The zero-order chi connectivity index (χ0) is 24.1. The Labute approximate surface area is 200 Å². The van der Waals surface area contributed by atoms with Crippen molar-refractivity contribution >= 4 is 18.6 Å². The van der Waals surface area contributed by atoms with E-state index in [1.807, 2.05) is 39.8 Å². The van der Waals surface area contributed by atoms with Gasteiger partial charge in [-0.2, -0.15) is 0 Å². The number of carbonyl (C=O) groups excluding carboxylic acids is 1. The molecule has 0 amide bonds. The van der Waals surface area contributed by atoms with E-state index in [4.69, 9.17) is 23.5 Å². The second-order valence-corrected chi connectivity index (χ2v) is 12.7. The molecular formula is C26H31O7P. The summed E-state index contributed by atoms with van der Waals surface area (Å²) < 4.78 is 45.6. The Morgan fingerprint density at radius 2 is 1.59 bits per heavy atom. The Morgan fingerprint density at radius 1 is 0.941 bits per heavy atom. The van der Waals surface area contributed by atoms with Crippen LogP contribution in [0.2, 0.25) is 0 Å². The molecule has 0 aliphatic carbocycles. The van der Waals surface area contributed by atoms with E-state index in [2.05, 4.69) is 0 Å². The van der Waals surface area contributed by atoms with Crippen molar-refractivity contribution in [1.82, 2.24) is 0 Å². The van der Waals surface area contributed by atoms with Crippen LogP contribution in [0.25, 0.3) is 0 Å². The molecule has 0 unspecified atom stereocenters. The smallest absolute Gasteiger partial charge is 0.339 e. The van der Waals surface area contributed by atoms with Crippen molar-refractivity contribution in [3.05, 3.63) is 66.2 Å². The molecule has 182 valence electrons. The second kappa shape index (κ2) is 8.58. The third kappa shape index (κ3) is 4.36. The topological polar surface area (TPSA) is 80.3 Å². The van der Waals surface area contributed by atoms with Crippen LogP contribution >= 0.6 is 7.37 Å². The predicted octanol–water partition coefficient (Wildman–Crippen LogP) is 4.51. The summed E-state index contributed by atoms with van der Waals surface area (Å²) in [5.41, 5.74) is -0.123. The lowest BCUT2D eigenvalue weighted by Gasteiger charge is -2.44. The van der Waals surface area contributed by atoms with Crippen LogP contribution in [0.15, 0.2) is 60.7 Å². The number of carbonyl (C=O) groups is 1. The van der Waals surface area contributed by atoms with Crippen LogP contribution < -0.4 is 5.30 Å². The molecule has 0 saturated carbocycles. The fourth-order valence-electron chi connectivity index (χ4n) is 5.23. The monoisotopic (exact) mass is 486 g/mol. The van der Waals surface area contributed by atoms with Crippen molar-refractivity contribution in [3.8, 4) is 0 Å². The number of rotatable bonds is 4. The number of fused-ring (bicyclic) bond motifs is 1. The van der Waals surface area contributed by atoms with Crippen LogP contribution in [0.5, 0.6) is 0 Å². The van der Waals surface area contributed by atoms with Crippen molar-refractivity contribution in [2.75, 3.05) is 6.61 Å².